The second-order valence-corrected chi connectivity index (χ2v) is 5.20. The molecule has 0 aliphatic carbocycles. The van der Waals surface area contributed by atoms with Crippen LogP contribution in [0.3, 0.4) is 0 Å². The maximum Gasteiger partial charge on any atom is 0.460 e. The molecule has 0 aliphatic heterocycles. The van der Waals surface area contributed by atoms with Crippen LogP contribution < -0.4 is 0 Å². The Balaban J connectivity index is 5.59. The minimum absolute atomic E-state index is 0.417. The van der Waals surface area contributed by atoms with E-state index in [0.717, 1.165) is 6.92 Å². The minimum Gasteiger partial charge on any atom is -0.199 e. The van der Waals surface area contributed by atoms with E-state index in [2.05, 4.69) is 4.18 Å². The van der Waals surface area contributed by atoms with E-state index in [-0.39, 0.29) is 0 Å². The van der Waals surface area contributed by atoms with E-state index in [9.17, 15) is 47.9 Å². The van der Waals surface area contributed by atoms with E-state index in [4.69, 9.17) is 0 Å². The molecule has 20 heavy (non-hydrogen) atoms. The molecule has 0 rings (SSSR count). The molecule has 3 nitrogen and oxygen atoms in total. The zero-order valence-corrected chi connectivity index (χ0v) is 10.3. The summed E-state index contributed by atoms with van der Waals surface area (Å²) >= 11 is 0. The van der Waals surface area contributed by atoms with Gasteiger partial charge in [-0.2, -0.15) is 52.1 Å². The molecule has 0 aromatic carbocycles. The van der Waals surface area contributed by atoms with Crippen molar-refractivity contribution >= 4 is 10.1 Å². The van der Waals surface area contributed by atoms with Crippen molar-refractivity contribution in [1.82, 2.24) is 0 Å². The molecule has 0 bridgehead atoms. The monoisotopic (exact) mass is 342 g/mol. The van der Waals surface area contributed by atoms with Crippen LogP contribution in [0.5, 0.6) is 0 Å². The number of rotatable bonds is 6. The van der Waals surface area contributed by atoms with Gasteiger partial charge in [0.15, 0.2) is 0 Å². The molecule has 0 unspecified atom stereocenters. The van der Waals surface area contributed by atoms with Crippen LogP contribution in [0.2, 0.25) is 0 Å². The lowest BCUT2D eigenvalue weighted by Crippen LogP contribution is -2.62. The molecule has 0 N–H and O–H groups in total. The van der Waals surface area contributed by atoms with Crippen molar-refractivity contribution in [2.24, 2.45) is 0 Å². The van der Waals surface area contributed by atoms with Gasteiger partial charge in [0.25, 0.3) is 10.1 Å². The highest BCUT2D eigenvalue weighted by Crippen LogP contribution is 2.53. The Morgan fingerprint density at radius 2 is 1.25 bits per heavy atom. The average molecular weight is 342 g/mol. The minimum atomic E-state index is -7.19. The fourth-order valence-corrected chi connectivity index (χ4v) is 1.87. The lowest BCUT2D eigenvalue weighted by molar-refractivity contribution is -0.428. The number of hydrogen-bond donors (Lipinski definition) is 0. The fourth-order valence-electron chi connectivity index (χ4n) is 0.864. The van der Waals surface area contributed by atoms with E-state index >= 15 is 0 Å². The summed E-state index contributed by atoms with van der Waals surface area (Å²) in [5.41, 5.74) is 0. The lowest BCUT2D eigenvalue weighted by Gasteiger charge is -2.32. The van der Waals surface area contributed by atoms with Gasteiger partial charge in [0.2, 0.25) is 0 Å². The van der Waals surface area contributed by atoms with Crippen LogP contribution in [-0.4, -0.2) is 38.3 Å². The molecule has 0 aromatic rings. The molecule has 0 amide bonds. The van der Waals surface area contributed by atoms with Gasteiger partial charge in [-0.1, -0.05) is 6.92 Å². The summed E-state index contributed by atoms with van der Waals surface area (Å²) in [4.78, 5) is 0. The predicted octanol–water partition coefficient (Wildman–Crippen LogP) is 3.17. The van der Waals surface area contributed by atoms with Crippen LogP contribution in [0.15, 0.2) is 0 Å². The molecule has 0 saturated heterocycles. The molecule has 0 radical (unpaired) electrons. The van der Waals surface area contributed by atoms with Crippen LogP contribution in [-0.2, 0) is 14.3 Å². The first-order chi connectivity index (χ1) is 8.52. The van der Waals surface area contributed by atoms with Gasteiger partial charge in [0, 0.05) is 0 Å². The normalized spacial score (nSPS) is 15.5. The first-order valence-electron chi connectivity index (χ1n) is 4.65. The summed E-state index contributed by atoms with van der Waals surface area (Å²) in [6.07, 6.45) is -14.0. The van der Waals surface area contributed by atoms with Crippen molar-refractivity contribution in [2.45, 2.75) is 37.5 Å². The summed E-state index contributed by atoms with van der Waals surface area (Å²) in [7, 11) is -5.41. The summed E-state index contributed by atoms with van der Waals surface area (Å²) in [5, 5.41) is 0. The van der Waals surface area contributed by atoms with E-state index in [1.54, 1.807) is 0 Å². The Morgan fingerprint density at radius 3 is 1.55 bits per heavy atom. The maximum atomic E-state index is 12.7. The Bertz CT molecular complexity index is 439. The highest BCUT2D eigenvalue weighted by molar-refractivity contribution is 7.86. The molecule has 0 fully saturated rings. The first-order valence-corrected chi connectivity index (χ1v) is 6.23. The zero-order valence-electron chi connectivity index (χ0n) is 9.45. The van der Waals surface area contributed by atoms with E-state index in [1.165, 1.54) is 0 Å². The van der Waals surface area contributed by atoms with Crippen LogP contribution in [0, 0.1) is 0 Å². The summed E-state index contributed by atoms with van der Waals surface area (Å²) in [5.74, 6) is -15.6. The van der Waals surface area contributed by atoms with Gasteiger partial charge in [-0.05, 0) is 6.42 Å². The molecule has 122 valence electrons. The molecule has 0 saturated carbocycles. The highest BCUT2D eigenvalue weighted by atomic mass is 32.2. The fraction of sp³-hybridized carbons (Fsp3) is 1.00. The van der Waals surface area contributed by atoms with E-state index < -0.39 is 46.4 Å². The Hall–Kier alpha value is -0.720. The molecule has 0 spiro atoms. The lowest BCUT2D eigenvalue weighted by atomic mass is 10.1. The van der Waals surface area contributed by atoms with Crippen molar-refractivity contribution < 1.29 is 52.1 Å². The number of alkyl halides is 9. The van der Waals surface area contributed by atoms with Crippen molar-refractivity contribution in [3.05, 3.63) is 0 Å². The highest BCUT2D eigenvalue weighted by Gasteiger charge is 2.83. The molecule has 13 heteroatoms. The van der Waals surface area contributed by atoms with Gasteiger partial charge < -0.3 is 0 Å². The van der Waals surface area contributed by atoms with Crippen LogP contribution in [0.4, 0.5) is 39.5 Å². The second-order valence-electron chi connectivity index (χ2n) is 3.51. The molecular weight excluding hydrogens is 335 g/mol. The third-order valence-electron chi connectivity index (χ3n) is 1.80. The second kappa shape index (κ2) is 5.24. The number of halogens is 9. The third-order valence-corrected chi connectivity index (χ3v) is 3.17. The summed E-state index contributed by atoms with van der Waals surface area (Å²) in [6, 6.07) is 0. The smallest absolute Gasteiger partial charge is 0.199 e. The van der Waals surface area contributed by atoms with Gasteiger partial charge in [0.1, 0.15) is 0 Å². The topological polar surface area (TPSA) is 43.4 Å². The van der Waals surface area contributed by atoms with Crippen molar-refractivity contribution in [2.75, 3.05) is 5.75 Å². The zero-order chi connectivity index (χ0) is 16.6. The van der Waals surface area contributed by atoms with Crippen LogP contribution in [0.1, 0.15) is 13.3 Å². The number of hydrogen-bond acceptors (Lipinski definition) is 3. The first kappa shape index (κ1) is 19.3. The van der Waals surface area contributed by atoms with Crippen molar-refractivity contribution in [1.29, 1.82) is 0 Å². The SMILES string of the molecule is CCCS(=O)(=O)OC(F)(F)C(F)(F)C(F)(F)C(F)(F)F. The standard InChI is InChI=1S/C7H7F9O3S/c1-2-3-20(17,18)19-7(15,16)5(10,11)4(8,9)6(12,13)14/h2-3H2,1H3. The van der Waals surface area contributed by atoms with Crippen molar-refractivity contribution in [3.63, 3.8) is 0 Å². The van der Waals surface area contributed by atoms with Gasteiger partial charge in [0.05, 0.1) is 5.75 Å². The Kier molecular flexibility index (Phi) is 5.05. The van der Waals surface area contributed by atoms with E-state index in [1.807, 2.05) is 0 Å². The van der Waals surface area contributed by atoms with Gasteiger partial charge in [-0.15, -0.1) is 0 Å². The summed E-state index contributed by atoms with van der Waals surface area (Å²) < 4.78 is 134. The molecule has 0 aromatic heterocycles. The summed E-state index contributed by atoms with van der Waals surface area (Å²) in [6.45, 7) is 1.08. The largest absolute Gasteiger partial charge is 0.460 e. The van der Waals surface area contributed by atoms with Crippen molar-refractivity contribution in [3.8, 4) is 0 Å². The average Bonchev–Trinajstić information content (AvgIpc) is 2.12. The van der Waals surface area contributed by atoms with Gasteiger partial charge >= 0.3 is 24.1 Å². The van der Waals surface area contributed by atoms with Crippen LogP contribution >= 0.6 is 0 Å². The van der Waals surface area contributed by atoms with E-state index in [0.29, 0.717) is 0 Å². The maximum absolute atomic E-state index is 12.7. The quantitative estimate of drug-likeness (QED) is 0.550. The predicted molar refractivity (Wildman–Crippen MR) is 46.1 cm³/mol. The molecule has 0 aliphatic rings. The molecule has 0 heterocycles. The Labute approximate surface area is 106 Å². The van der Waals surface area contributed by atoms with Gasteiger partial charge in [-0.3, -0.25) is 0 Å². The van der Waals surface area contributed by atoms with Gasteiger partial charge in [-0.25, -0.2) is 0 Å². The molecular formula is C7H7F9O3S. The van der Waals surface area contributed by atoms with Crippen LogP contribution in [0.25, 0.3) is 0 Å². The Morgan fingerprint density at radius 1 is 0.850 bits per heavy atom. The third kappa shape index (κ3) is 3.48. The molecule has 0 atom stereocenters.